The van der Waals surface area contributed by atoms with Gasteiger partial charge in [0.05, 0.1) is 6.61 Å². The molecular weight excluding hydrogens is 324 g/mol. The molecule has 132 valence electrons. The number of benzene rings is 2. The van der Waals surface area contributed by atoms with Crippen molar-refractivity contribution in [3.05, 3.63) is 53.6 Å². The summed E-state index contributed by atoms with van der Waals surface area (Å²) >= 11 is 0. The lowest BCUT2D eigenvalue weighted by Gasteiger charge is -2.14. The van der Waals surface area contributed by atoms with Gasteiger partial charge in [0.2, 0.25) is 0 Å². The number of H-pyrrole nitrogens is 1. The second kappa shape index (κ2) is 6.57. The van der Waals surface area contributed by atoms with Gasteiger partial charge in [0, 0.05) is 24.1 Å². The molecule has 2 aliphatic heterocycles. The molecule has 1 saturated heterocycles. The van der Waals surface area contributed by atoms with E-state index in [4.69, 9.17) is 9.72 Å². The molecule has 26 heavy (non-hydrogen) atoms. The van der Waals surface area contributed by atoms with Crippen molar-refractivity contribution in [3.8, 4) is 28.5 Å². The van der Waals surface area contributed by atoms with Crippen molar-refractivity contribution < 1.29 is 4.74 Å². The van der Waals surface area contributed by atoms with Gasteiger partial charge in [-0.2, -0.15) is 5.10 Å². The minimum atomic E-state index is 0.750. The van der Waals surface area contributed by atoms with Gasteiger partial charge in [-0.15, -0.1) is 0 Å². The standard InChI is InChI=1S/C21H22N4O/c1-2-10-25(9-1)14-15-4-3-5-17(12-15)20-22-21(24-23-20)18-6-7-19-16(13-18)8-11-26-19/h3-7,12-13H,1-2,8-11,14H2,(H,22,23,24). The number of ether oxygens (including phenoxy) is 1. The first-order valence-corrected chi connectivity index (χ1v) is 9.35. The summed E-state index contributed by atoms with van der Waals surface area (Å²) in [5, 5.41) is 7.54. The summed E-state index contributed by atoms with van der Waals surface area (Å²) in [6, 6.07) is 14.8. The number of aromatic nitrogens is 3. The van der Waals surface area contributed by atoms with Crippen LogP contribution in [0.4, 0.5) is 0 Å². The van der Waals surface area contributed by atoms with Gasteiger partial charge in [-0.05, 0) is 61.3 Å². The van der Waals surface area contributed by atoms with E-state index >= 15 is 0 Å². The van der Waals surface area contributed by atoms with Crippen molar-refractivity contribution >= 4 is 0 Å². The molecule has 5 heteroatoms. The number of likely N-dealkylation sites (tertiary alicyclic amines) is 1. The van der Waals surface area contributed by atoms with Gasteiger partial charge in [-0.1, -0.05) is 18.2 Å². The third-order valence-electron chi connectivity index (χ3n) is 5.24. The number of nitrogens with zero attached hydrogens (tertiary/aromatic N) is 3. The first-order chi connectivity index (χ1) is 12.8. The van der Waals surface area contributed by atoms with Crippen LogP contribution in [-0.4, -0.2) is 39.8 Å². The Bertz CT molecular complexity index is 927. The SMILES string of the molecule is c1cc(CN2CCCC2)cc(-c2n[nH]c(-c3ccc4c(c3)CCO4)n2)c1. The van der Waals surface area contributed by atoms with E-state index < -0.39 is 0 Å². The number of fused-ring (bicyclic) bond motifs is 1. The molecule has 1 fully saturated rings. The maximum atomic E-state index is 5.58. The van der Waals surface area contributed by atoms with Crippen molar-refractivity contribution in [1.82, 2.24) is 20.1 Å². The minimum absolute atomic E-state index is 0.750. The van der Waals surface area contributed by atoms with Gasteiger partial charge < -0.3 is 4.74 Å². The highest BCUT2D eigenvalue weighted by molar-refractivity contribution is 5.63. The molecule has 5 rings (SSSR count). The average molecular weight is 346 g/mol. The fraction of sp³-hybridized carbons (Fsp3) is 0.333. The predicted molar refractivity (Wildman–Crippen MR) is 101 cm³/mol. The molecule has 5 nitrogen and oxygen atoms in total. The van der Waals surface area contributed by atoms with E-state index in [9.17, 15) is 0 Å². The normalized spacial score (nSPS) is 16.6. The van der Waals surface area contributed by atoms with E-state index in [1.54, 1.807) is 0 Å². The molecule has 0 spiro atoms. The fourth-order valence-corrected chi connectivity index (χ4v) is 3.86. The molecule has 3 heterocycles. The summed E-state index contributed by atoms with van der Waals surface area (Å²) < 4.78 is 5.58. The molecule has 0 saturated carbocycles. The minimum Gasteiger partial charge on any atom is -0.493 e. The second-order valence-corrected chi connectivity index (χ2v) is 7.11. The molecule has 1 N–H and O–H groups in total. The predicted octanol–water partition coefficient (Wildman–Crippen LogP) is 3.67. The number of hydrogen-bond acceptors (Lipinski definition) is 4. The Balaban J connectivity index is 1.39. The number of hydrogen-bond donors (Lipinski definition) is 1. The van der Waals surface area contributed by atoms with E-state index in [0.717, 1.165) is 48.1 Å². The third-order valence-corrected chi connectivity index (χ3v) is 5.24. The lowest BCUT2D eigenvalue weighted by atomic mass is 10.1. The Morgan fingerprint density at radius 3 is 2.88 bits per heavy atom. The largest absolute Gasteiger partial charge is 0.493 e. The molecule has 0 aliphatic carbocycles. The molecule has 1 aromatic heterocycles. The maximum absolute atomic E-state index is 5.58. The zero-order chi connectivity index (χ0) is 17.3. The molecule has 2 aliphatic rings. The Hall–Kier alpha value is -2.66. The zero-order valence-electron chi connectivity index (χ0n) is 14.7. The zero-order valence-corrected chi connectivity index (χ0v) is 14.7. The Kier molecular flexibility index (Phi) is 3.94. The van der Waals surface area contributed by atoms with Crippen LogP contribution in [0.25, 0.3) is 22.8 Å². The lowest BCUT2D eigenvalue weighted by molar-refractivity contribution is 0.331. The molecule has 0 radical (unpaired) electrons. The van der Waals surface area contributed by atoms with Crippen molar-refractivity contribution in [3.63, 3.8) is 0 Å². The van der Waals surface area contributed by atoms with Crippen LogP contribution in [0.15, 0.2) is 42.5 Å². The van der Waals surface area contributed by atoms with E-state index in [1.165, 1.54) is 37.1 Å². The second-order valence-electron chi connectivity index (χ2n) is 7.11. The summed E-state index contributed by atoms with van der Waals surface area (Å²) in [6.45, 7) is 4.19. The van der Waals surface area contributed by atoms with Gasteiger partial charge in [0.1, 0.15) is 5.75 Å². The van der Waals surface area contributed by atoms with Crippen molar-refractivity contribution in [1.29, 1.82) is 0 Å². The highest BCUT2D eigenvalue weighted by Gasteiger charge is 2.16. The molecule has 0 unspecified atom stereocenters. The molecule has 0 amide bonds. The number of aromatic amines is 1. The van der Waals surface area contributed by atoms with Gasteiger partial charge in [0.15, 0.2) is 11.6 Å². The Morgan fingerprint density at radius 2 is 1.96 bits per heavy atom. The summed E-state index contributed by atoms with van der Waals surface area (Å²) in [4.78, 5) is 7.24. The topological polar surface area (TPSA) is 54.0 Å². The maximum Gasteiger partial charge on any atom is 0.181 e. The van der Waals surface area contributed by atoms with Crippen LogP contribution < -0.4 is 4.74 Å². The van der Waals surface area contributed by atoms with Crippen molar-refractivity contribution in [2.24, 2.45) is 0 Å². The highest BCUT2D eigenvalue weighted by atomic mass is 16.5. The first kappa shape index (κ1) is 15.6. The van der Waals surface area contributed by atoms with Crippen LogP contribution in [0.2, 0.25) is 0 Å². The van der Waals surface area contributed by atoms with E-state index in [2.05, 4.69) is 45.4 Å². The van der Waals surface area contributed by atoms with E-state index in [1.807, 2.05) is 12.1 Å². The van der Waals surface area contributed by atoms with Crippen LogP contribution in [0, 0.1) is 0 Å². The highest BCUT2D eigenvalue weighted by Crippen LogP contribution is 2.30. The summed E-state index contributed by atoms with van der Waals surface area (Å²) in [6.07, 6.45) is 3.59. The van der Waals surface area contributed by atoms with Crippen LogP contribution in [-0.2, 0) is 13.0 Å². The van der Waals surface area contributed by atoms with Crippen LogP contribution in [0.1, 0.15) is 24.0 Å². The summed E-state index contributed by atoms with van der Waals surface area (Å²) in [7, 11) is 0. The summed E-state index contributed by atoms with van der Waals surface area (Å²) in [5.41, 5.74) is 4.69. The summed E-state index contributed by atoms with van der Waals surface area (Å²) in [5.74, 6) is 2.54. The Morgan fingerprint density at radius 1 is 1.04 bits per heavy atom. The van der Waals surface area contributed by atoms with E-state index in [-0.39, 0.29) is 0 Å². The lowest BCUT2D eigenvalue weighted by Crippen LogP contribution is -2.18. The van der Waals surface area contributed by atoms with Gasteiger partial charge >= 0.3 is 0 Å². The third kappa shape index (κ3) is 2.99. The number of rotatable bonds is 4. The first-order valence-electron chi connectivity index (χ1n) is 9.35. The molecule has 2 aromatic carbocycles. The fourth-order valence-electron chi connectivity index (χ4n) is 3.86. The van der Waals surface area contributed by atoms with Gasteiger partial charge in [0.25, 0.3) is 0 Å². The van der Waals surface area contributed by atoms with E-state index in [0.29, 0.717) is 0 Å². The molecule has 3 aromatic rings. The smallest absolute Gasteiger partial charge is 0.181 e. The monoisotopic (exact) mass is 346 g/mol. The molecule has 0 atom stereocenters. The van der Waals surface area contributed by atoms with Crippen LogP contribution in [0.5, 0.6) is 5.75 Å². The van der Waals surface area contributed by atoms with Crippen LogP contribution >= 0.6 is 0 Å². The molecular formula is C21H22N4O. The quantitative estimate of drug-likeness (QED) is 0.783. The van der Waals surface area contributed by atoms with Gasteiger partial charge in [-0.3, -0.25) is 10.00 Å². The van der Waals surface area contributed by atoms with Crippen molar-refractivity contribution in [2.45, 2.75) is 25.8 Å². The Labute approximate surface area is 153 Å². The van der Waals surface area contributed by atoms with Crippen LogP contribution in [0.3, 0.4) is 0 Å². The van der Waals surface area contributed by atoms with Crippen molar-refractivity contribution in [2.75, 3.05) is 19.7 Å². The average Bonchev–Trinajstić information content (AvgIpc) is 3.42. The molecule has 0 bridgehead atoms. The van der Waals surface area contributed by atoms with Gasteiger partial charge in [-0.25, -0.2) is 4.98 Å². The number of nitrogens with one attached hydrogen (secondary N) is 1.